The highest BCUT2D eigenvalue weighted by atomic mass is 16.3. The molecule has 0 radical (unpaired) electrons. The monoisotopic (exact) mass is 144 g/mol. The number of nitrogens with zero attached hydrogens (tertiary/aromatic N) is 2. The smallest absolute Gasteiger partial charge is 0.0834 e. The van der Waals surface area contributed by atoms with Crippen molar-refractivity contribution in [3.8, 4) is 0 Å². The predicted molar refractivity (Wildman–Crippen MR) is 41.0 cm³/mol. The van der Waals surface area contributed by atoms with E-state index < -0.39 is 0 Å². The van der Waals surface area contributed by atoms with E-state index in [9.17, 15) is 5.11 Å². The van der Waals surface area contributed by atoms with Gasteiger partial charge in [0.2, 0.25) is 0 Å². The van der Waals surface area contributed by atoms with Crippen LogP contribution in [-0.2, 0) is 0 Å². The van der Waals surface area contributed by atoms with Crippen molar-refractivity contribution >= 4 is 0 Å². The van der Waals surface area contributed by atoms with Gasteiger partial charge in [0.15, 0.2) is 0 Å². The molecule has 0 unspecified atom stereocenters. The SMILES string of the molecule is CN1C[C@@H](N(C)C)[C@@H](O)C1. The molecule has 0 amide bonds. The number of rotatable bonds is 1. The predicted octanol–water partition coefficient (Wildman–Crippen LogP) is -0.777. The number of β-amino-alcohol motifs (C(OH)–C–C–N with tert-alkyl or cyclic N) is 1. The van der Waals surface area contributed by atoms with Gasteiger partial charge in [0, 0.05) is 19.1 Å². The molecule has 1 heterocycles. The van der Waals surface area contributed by atoms with Crippen LogP contribution in [-0.4, -0.2) is 61.3 Å². The van der Waals surface area contributed by atoms with E-state index in [1.165, 1.54) is 0 Å². The Labute approximate surface area is 62.2 Å². The van der Waals surface area contributed by atoms with Gasteiger partial charge in [0.1, 0.15) is 0 Å². The van der Waals surface area contributed by atoms with Crippen LogP contribution < -0.4 is 0 Å². The molecule has 0 aliphatic carbocycles. The molecular weight excluding hydrogens is 128 g/mol. The number of aliphatic hydroxyl groups is 1. The van der Waals surface area contributed by atoms with Crippen molar-refractivity contribution in [3.05, 3.63) is 0 Å². The molecule has 60 valence electrons. The first-order chi connectivity index (χ1) is 4.61. The summed E-state index contributed by atoms with van der Waals surface area (Å²) in [7, 11) is 6.05. The van der Waals surface area contributed by atoms with Gasteiger partial charge in [-0.2, -0.15) is 0 Å². The Morgan fingerprint density at radius 2 is 2.00 bits per heavy atom. The molecule has 0 bridgehead atoms. The lowest BCUT2D eigenvalue weighted by Crippen LogP contribution is -2.37. The minimum absolute atomic E-state index is 0.167. The fraction of sp³-hybridized carbons (Fsp3) is 1.00. The highest BCUT2D eigenvalue weighted by molar-refractivity contribution is 4.86. The lowest BCUT2D eigenvalue weighted by molar-refractivity contribution is 0.113. The van der Waals surface area contributed by atoms with E-state index in [0.29, 0.717) is 6.04 Å². The first-order valence-corrected chi connectivity index (χ1v) is 3.64. The Kier molecular flexibility index (Phi) is 2.28. The van der Waals surface area contributed by atoms with Crippen LogP contribution in [0.15, 0.2) is 0 Å². The average molecular weight is 144 g/mol. The Morgan fingerprint density at radius 3 is 2.20 bits per heavy atom. The van der Waals surface area contributed by atoms with E-state index in [4.69, 9.17) is 0 Å². The van der Waals surface area contributed by atoms with Crippen LogP contribution in [0.2, 0.25) is 0 Å². The molecule has 1 rings (SSSR count). The van der Waals surface area contributed by atoms with Gasteiger partial charge >= 0.3 is 0 Å². The van der Waals surface area contributed by atoms with Gasteiger partial charge in [-0.15, -0.1) is 0 Å². The van der Waals surface area contributed by atoms with Crippen molar-refractivity contribution in [1.82, 2.24) is 9.80 Å². The highest BCUT2D eigenvalue weighted by Crippen LogP contribution is 2.11. The average Bonchev–Trinajstić information content (AvgIpc) is 2.10. The standard InChI is InChI=1S/C7H16N2O/c1-8(2)6-4-9(3)5-7(6)10/h6-7,10H,4-5H2,1-3H3/t6-,7+/m1/s1. The maximum absolute atomic E-state index is 9.45. The zero-order valence-electron chi connectivity index (χ0n) is 6.91. The summed E-state index contributed by atoms with van der Waals surface area (Å²) in [4.78, 5) is 4.23. The molecule has 10 heavy (non-hydrogen) atoms. The van der Waals surface area contributed by atoms with E-state index in [0.717, 1.165) is 13.1 Å². The summed E-state index contributed by atoms with van der Waals surface area (Å²) in [6.45, 7) is 1.79. The maximum atomic E-state index is 9.45. The van der Waals surface area contributed by atoms with Crippen LogP contribution in [0.3, 0.4) is 0 Å². The van der Waals surface area contributed by atoms with Gasteiger partial charge in [-0.05, 0) is 21.1 Å². The van der Waals surface area contributed by atoms with Gasteiger partial charge in [-0.3, -0.25) is 0 Å². The zero-order chi connectivity index (χ0) is 7.72. The summed E-state index contributed by atoms with van der Waals surface area (Å²) >= 11 is 0. The Balaban J connectivity index is 2.46. The number of aliphatic hydroxyl groups excluding tert-OH is 1. The van der Waals surface area contributed by atoms with E-state index in [2.05, 4.69) is 9.80 Å². The first kappa shape index (κ1) is 7.98. The van der Waals surface area contributed by atoms with E-state index in [1.807, 2.05) is 21.1 Å². The van der Waals surface area contributed by atoms with Crippen LogP contribution in [0, 0.1) is 0 Å². The molecule has 0 aromatic carbocycles. The van der Waals surface area contributed by atoms with Gasteiger partial charge in [0.05, 0.1) is 6.10 Å². The molecule has 1 fully saturated rings. The lowest BCUT2D eigenvalue weighted by atomic mass is 10.2. The van der Waals surface area contributed by atoms with Crippen molar-refractivity contribution in [2.24, 2.45) is 0 Å². The Bertz CT molecular complexity index is 116. The van der Waals surface area contributed by atoms with Gasteiger partial charge in [-0.25, -0.2) is 0 Å². The van der Waals surface area contributed by atoms with Crippen LogP contribution in [0.4, 0.5) is 0 Å². The molecule has 0 saturated carbocycles. The first-order valence-electron chi connectivity index (χ1n) is 3.64. The van der Waals surface area contributed by atoms with Crippen molar-refractivity contribution in [3.63, 3.8) is 0 Å². The molecule has 2 atom stereocenters. The third-order valence-corrected chi connectivity index (χ3v) is 2.10. The molecular formula is C7H16N2O. The fourth-order valence-electron chi connectivity index (χ4n) is 1.46. The van der Waals surface area contributed by atoms with Crippen LogP contribution in [0.5, 0.6) is 0 Å². The zero-order valence-corrected chi connectivity index (χ0v) is 6.91. The van der Waals surface area contributed by atoms with Gasteiger partial charge in [0.25, 0.3) is 0 Å². The van der Waals surface area contributed by atoms with Gasteiger partial charge < -0.3 is 14.9 Å². The summed E-state index contributed by atoms with van der Waals surface area (Å²) in [5, 5.41) is 9.45. The van der Waals surface area contributed by atoms with Crippen LogP contribution >= 0.6 is 0 Å². The molecule has 3 nitrogen and oxygen atoms in total. The summed E-state index contributed by atoms with van der Waals surface area (Å²) < 4.78 is 0. The van der Waals surface area contributed by atoms with Crippen molar-refractivity contribution in [2.45, 2.75) is 12.1 Å². The van der Waals surface area contributed by atoms with E-state index in [1.54, 1.807) is 0 Å². The fourth-order valence-corrected chi connectivity index (χ4v) is 1.46. The molecule has 0 spiro atoms. The summed E-state index contributed by atoms with van der Waals surface area (Å²) in [5.41, 5.74) is 0. The molecule has 0 aromatic heterocycles. The molecule has 3 heteroatoms. The van der Waals surface area contributed by atoms with Crippen molar-refractivity contribution in [2.75, 3.05) is 34.2 Å². The summed E-state index contributed by atoms with van der Waals surface area (Å²) in [6.07, 6.45) is -0.167. The summed E-state index contributed by atoms with van der Waals surface area (Å²) in [5.74, 6) is 0. The maximum Gasteiger partial charge on any atom is 0.0834 e. The Hall–Kier alpha value is -0.120. The topological polar surface area (TPSA) is 26.7 Å². The molecule has 1 saturated heterocycles. The summed E-state index contributed by atoms with van der Waals surface area (Å²) in [6, 6.07) is 0.324. The number of likely N-dealkylation sites (N-methyl/N-ethyl adjacent to an activating group) is 2. The van der Waals surface area contributed by atoms with Gasteiger partial charge in [-0.1, -0.05) is 0 Å². The van der Waals surface area contributed by atoms with Crippen LogP contribution in [0.25, 0.3) is 0 Å². The number of hydrogen-bond acceptors (Lipinski definition) is 3. The quantitative estimate of drug-likeness (QED) is 0.523. The molecule has 1 aliphatic rings. The second-order valence-electron chi connectivity index (χ2n) is 3.32. The minimum Gasteiger partial charge on any atom is -0.390 e. The minimum atomic E-state index is -0.167. The largest absolute Gasteiger partial charge is 0.390 e. The molecule has 1 aliphatic heterocycles. The molecule has 1 N–H and O–H groups in total. The van der Waals surface area contributed by atoms with Crippen molar-refractivity contribution in [1.29, 1.82) is 0 Å². The number of likely N-dealkylation sites (tertiary alicyclic amines) is 1. The molecule has 0 aromatic rings. The third-order valence-electron chi connectivity index (χ3n) is 2.10. The van der Waals surface area contributed by atoms with Crippen LogP contribution in [0.1, 0.15) is 0 Å². The van der Waals surface area contributed by atoms with E-state index in [-0.39, 0.29) is 6.10 Å². The second kappa shape index (κ2) is 2.86. The normalized spacial score (nSPS) is 35.7. The lowest BCUT2D eigenvalue weighted by Gasteiger charge is -2.21. The van der Waals surface area contributed by atoms with E-state index >= 15 is 0 Å². The highest BCUT2D eigenvalue weighted by Gasteiger charge is 2.30. The number of hydrogen-bond donors (Lipinski definition) is 1. The third kappa shape index (κ3) is 1.48. The Morgan fingerprint density at radius 1 is 1.40 bits per heavy atom. The second-order valence-corrected chi connectivity index (χ2v) is 3.32. The van der Waals surface area contributed by atoms with Crippen molar-refractivity contribution < 1.29 is 5.11 Å².